The van der Waals surface area contributed by atoms with Gasteiger partial charge >= 0.3 is 5.97 Å². The Labute approximate surface area is 219 Å². The molecule has 0 bridgehead atoms. The number of fused-ring (bicyclic) bond motifs is 1. The summed E-state index contributed by atoms with van der Waals surface area (Å²) < 4.78 is 38.7. The van der Waals surface area contributed by atoms with Gasteiger partial charge in [0.25, 0.3) is 0 Å². The maximum absolute atomic E-state index is 13.6. The standard InChI is InChI=1S/C29H24N2O6S/c1-36-27-11-7-6-10-22(27)25-17-31(38(34,35)18-19-8-4-3-5-9-19)28-23(25)15-21(16-30-28)20-12-13-26(32)24(14-20)29(33)37-2/h3-17,32H,18H2,1-2H3. The first-order valence-corrected chi connectivity index (χ1v) is 13.3. The molecule has 0 spiro atoms. The molecule has 0 amide bonds. The van der Waals surface area contributed by atoms with Gasteiger partial charge in [-0.25, -0.2) is 22.2 Å². The number of carbonyl (C=O) groups is 1. The summed E-state index contributed by atoms with van der Waals surface area (Å²) in [7, 11) is -1.04. The lowest BCUT2D eigenvalue weighted by Crippen LogP contribution is -2.14. The van der Waals surface area contributed by atoms with Crippen LogP contribution in [0.25, 0.3) is 33.3 Å². The molecule has 0 aliphatic carbocycles. The van der Waals surface area contributed by atoms with Gasteiger partial charge in [-0.3, -0.25) is 0 Å². The maximum Gasteiger partial charge on any atom is 0.341 e. The molecule has 0 atom stereocenters. The fourth-order valence-corrected chi connectivity index (χ4v) is 5.80. The van der Waals surface area contributed by atoms with E-state index in [1.54, 1.807) is 49.7 Å². The van der Waals surface area contributed by atoms with Crippen LogP contribution in [0, 0.1) is 0 Å². The molecule has 3 aromatic carbocycles. The Morgan fingerprint density at radius 2 is 1.66 bits per heavy atom. The largest absolute Gasteiger partial charge is 0.507 e. The lowest BCUT2D eigenvalue weighted by Gasteiger charge is -2.09. The predicted octanol–water partition coefficient (Wildman–Crippen LogP) is 5.25. The quantitative estimate of drug-likeness (QED) is 0.288. The number of ether oxygens (including phenoxy) is 2. The van der Waals surface area contributed by atoms with Gasteiger partial charge in [-0.15, -0.1) is 0 Å². The summed E-state index contributed by atoms with van der Waals surface area (Å²) in [6.07, 6.45) is 3.10. The van der Waals surface area contributed by atoms with E-state index in [-0.39, 0.29) is 22.7 Å². The summed E-state index contributed by atoms with van der Waals surface area (Å²) in [5, 5.41) is 10.7. The number of methoxy groups -OCH3 is 2. The highest BCUT2D eigenvalue weighted by Gasteiger charge is 2.23. The number of pyridine rings is 1. The van der Waals surface area contributed by atoms with E-state index in [1.807, 2.05) is 30.3 Å². The molecule has 192 valence electrons. The summed E-state index contributed by atoms with van der Waals surface area (Å²) in [4.78, 5) is 16.7. The van der Waals surface area contributed by atoms with Crippen LogP contribution in [0.3, 0.4) is 0 Å². The van der Waals surface area contributed by atoms with Crippen LogP contribution in [0.15, 0.2) is 91.3 Å². The predicted molar refractivity (Wildman–Crippen MR) is 145 cm³/mol. The van der Waals surface area contributed by atoms with Crippen molar-refractivity contribution in [2.75, 3.05) is 14.2 Å². The molecule has 0 aliphatic heterocycles. The number of nitrogens with zero attached hydrogens (tertiary/aromatic N) is 2. The topological polar surface area (TPSA) is 108 Å². The number of hydrogen-bond acceptors (Lipinski definition) is 7. The molecule has 0 saturated carbocycles. The smallest absolute Gasteiger partial charge is 0.341 e. The van der Waals surface area contributed by atoms with Gasteiger partial charge in [-0.05, 0) is 35.4 Å². The van der Waals surface area contributed by atoms with Crippen molar-refractivity contribution < 1.29 is 27.8 Å². The fourth-order valence-electron chi connectivity index (χ4n) is 4.37. The molecule has 5 rings (SSSR count). The van der Waals surface area contributed by atoms with Crippen LogP contribution >= 0.6 is 0 Å². The number of para-hydroxylation sites is 1. The number of carbonyl (C=O) groups excluding carboxylic acids is 1. The molecule has 2 aromatic heterocycles. The maximum atomic E-state index is 13.6. The summed E-state index contributed by atoms with van der Waals surface area (Å²) in [6.45, 7) is 0. The first kappa shape index (κ1) is 25.0. The van der Waals surface area contributed by atoms with Crippen LogP contribution in [-0.2, 0) is 20.5 Å². The Balaban J connectivity index is 1.72. The van der Waals surface area contributed by atoms with Crippen molar-refractivity contribution in [1.82, 2.24) is 8.96 Å². The fraction of sp³-hybridized carbons (Fsp3) is 0.103. The summed E-state index contributed by atoms with van der Waals surface area (Å²) >= 11 is 0. The number of hydrogen-bond donors (Lipinski definition) is 1. The van der Waals surface area contributed by atoms with Gasteiger partial charge in [0, 0.05) is 34.5 Å². The number of esters is 1. The van der Waals surface area contributed by atoms with Gasteiger partial charge in [0.2, 0.25) is 10.0 Å². The average molecular weight is 529 g/mol. The zero-order valence-electron chi connectivity index (χ0n) is 20.7. The average Bonchev–Trinajstić information content (AvgIpc) is 3.33. The van der Waals surface area contributed by atoms with Gasteiger partial charge in [0.15, 0.2) is 5.65 Å². The third kappa shape index (κ3) is 4.59. The van der Waals surface area contributed by atoms with Crippen LogP contribution in [0.4, 0.5) is 0 Å². The third-order valence-electron chi connectivity index (χ3n) is 6.24. The van der Waals surface area contributed by atoms with Crippen molar-refractivity contribution in [3.8, 4) is 33.8 Å². The molecule has 0 fully saturated rings. The van der Waals surface area contributed by atoms with Crippen molar-refractivity contribution in [3.63, 3.8) is 0 Å². The number of aromatic nitrogens is 2. The summed E-state index contributed by atoms with van der Waals surface area (Å²) in [5.74, 6) is -0.504. The highest BCUT2D eigenvalue weighted by atomic mass is 32.2. The molecule has 5 aromatic rings. The van der Waals surface area contributed by atoms with E-state index in [0.29, 0.717) is 39.0 Å². The number of rotatable bonds is 7. The molecule has 0 aliphatic rings. The molecule has 0 unspecified atom stereocenters. The number of phenolic OH excluding ortho intramolecular Hbond substituents is 1. The molecular weight excluding hydrogens is 504 g/mol. The first-order valence-electron chi connectivity index (χ1n) is 11.7. The van der Waals surface area contributed by atoms with Crippen LogP contribution in [-0.4, -0.2) is 42.7 Å². The molecule has 2 heterocycles. The van der Waals surface area contributed by atoms with E-state index in [4.69, 9.17) is 9.47 Å². The Bertz CT molecular complexity index is 1760. The second-order valence-electron chi connectivity index (χ2n) is 8.60. The van der Waals surface area contributed by atoms with Gasteiger partial charge in [0.1, 0.15) is 17.1 Å². The minimum Gasteiger partial charge on any atom is -0.507 e. The van der Waals surface area contributed by atoms with Crippen molar-refractivity contribution in [2.24, 2.45) is 0 Å². The van der Waals surface area contributed by atoms with Crippen molar-refractivity contribution in [1.29, 1.82) is 0 Å². The van der Waals surface area contributed by atoms with E-state index in [2.05, 4.69) is 4.98 Å². The Morgan fingerprint density at radius 1 is 0.921 bits per heavy atom. The molecular formula is C29H24N2O6S. The number of benzene rings is 3. The number of phenols is 1. The van der Waals surface area contributed by atoms with Crippen LogP contribution in [0.1, 0.15) is 15.9 Å². The van der Waals surface area contributed by atoms with Gasteiger partial charge in [-0.2, -0.15) is 0 Å². The lowest BCUT2D eigenvalue weighted by molar-refractivity contribution is 0.0597. The second kappa shape index (κ2) is 10.0. The Kier molecular flexibility index (Phi) is 6.61. The molecule has 1 N–H and O–H groups in total. The molecule has 0 radical (unpaired) electrons. The zero-order valence-corrected chi connectivity index (χ0v) is 21.5. The highest BCUT2D eigenvalue weighted by Crippen LogP contribution is 2.38. The van der Waals surface area contributed by atoms with Crippen LogP contribution in [0.5, 0.6) is 11.5 Å². The Morgan fingerprint density at radius 3 is 2.39 bits per heavy atom. The van der Waals surface area contributed by atoms with E-state index in [1.165, 1.54) is 29.4 Å². The molecule has 9 heteroatoms. The van der Waals surface area contributed by atoms with Crippen LogP contribution < -0.4 is 4.74 Å². The monoisotopic (exact) mass is 528 g/mol. The normalized spacial score (nSPS) is 11.4. The summed E-state index contributed by atoms with van der Waals surface area (Å²) in [6, 6.07) is 22.7. The first-order chi connectivity index (χ1) is 18.3. The summed E-state index contributed by atoms with van der Waals surface area (Å²) in [5.41, 5.74) is 3.48. The van der Waals surface area contributed by atoms with Crippen molar-refractivity contribution in [3.05, 3.63) is 102 Å². The van der Waals surface area contributed by atoms with Gasteiger partial charge < -0.3 is 14.6 Å². The van der Waals surface area contributed by atoms with Gasteiger partial charge in [0.05, 0.1) is 20.0 Å². The third-order valence-corrected chi connectivity index (χ3v) is 7.81. The van der Waals surface area contributed by atoms with Gasteiger partial charge in [-0.1, -0.05) is 54.6 Å². The van der Waals surface area contributed by atoms with E-state index in [9.17, 15) is 18.3 Å². The van der Waals surface area contributed by atoms with Crippen LogP contribution in [0.2, 0.25) is 0 Å². The SMILES string of the molecule is COC(=O)c1cc(-c2cnc3c(c2)c(-c2ccccc2OC)cn3S(=O)(=O)Cc2ccccc2)ccc1O. The highest BCUT2D eigenvalue weighted by molar-refractivity contribution is 7.89. The molecule has 38 heavy (non-hydrogen) atoms. The zero-order chi connectivity index (χ0) is 26.9. The Hall–Kier alpha value is -4.63. The second-order valence-corrected chi connectivity index (χ2v) is 10.4. The lowest BCUT2D eigenvalue weighted by atomic mass is 10.00. The van der Waals surface area contributed by atoms with E-state index >= 15 is 0 Å². The van der Waals surface area contributed by atoms with E-state index < -0.39 is 16.0 Å². The van der Waals surface area contributed by atoms with Crippen molar-refractivity contribution in [2.45, 2.75) is 5.75 Å². The minimum atomic E-state index is -3.83. The van der Waals surface area contributed by atoms with Crippen molar-refractivity contribution >= 4 is 27.0 Å². The molecule has 8 nitrogen and oxygen atoms in total. The minimum absolute atomic E-state index is 0.0121. The number of aromatic hydroxyl groups is 1. The van der Waals surface area contributed by atoms with E-state index in [0.717, 1.165) is 0 Å². The molecule has 0 saturated heterocycles.